The minimum atomic E-state index is 0.503. The normalized spacial score (nSPS) is 10.6. The molecule has 2 rings (SSSR count). The number of aromatic amines is 1. The number of nitrogens with two attached hydrogens (primary N) is 1. The Kier molecular flexibility index (Phi) is 1.09. The Labute approximate surface area is 63.5 Å². The first-order chi connectivity index (χ1) is 5.27. The van der Waals surface area contributed by atoms with E-state index in [1.54, 1.807) is 0 Å². The molecule has 0 aliphatic heterocycles. The van der Waals surface area contributed by atoms with E-state index < -0.39 is 0 Å². The molecule has 0 aromatic carbocycles. The molecule has 0 saturated carbocycles. The number of aromatic nitrogens is 3. The molecule has 0 amide bonds. The van der Waals surface area contributed by atoms with Crippen LogP contribution in [0.25, 0.3) is 11.0 Å². The van der Waals surface area contributed by atoms with Crippen molar-refractivity contribution in [2.24, 2.45) is 0 Å². The smallest absolute Gasteiger partial charge is 0.151 e. The summed E-state index contributed by atoms with van der Waals surface area (Å²) in [4.78, 5) is 11.0. The van der Waals surface area contributed by atoms with Crippen LogP contribution in [0, 0.1) is 6.92 Å². The first-order valence-electron chi connectivity index (χ1n) is 3.33. The third-order valence-electron chi connectivity index (χ3n) is 1.58. The van der Waals surface area contributed by atoms with E-state index in [1.807, 2.05) is 13.0 Å². The van der Waals surface area contributed by atoms with Gasteiger partial charge in [0.1, 0.15) is 11.8 Å². The fourth-order valence-corrected chi connectivity index (χ4v) is 1.09. The molecule has 0 aliphatic rings. The molecule has 56 valence electrons. The van der Waals surface area contributed by atoms with Gasteiger partial charge in [0.2, 0.25) is 0 Å². The first kappa shape index (κ1) is 6.15. The number of nitrogens with zero attached hydrogens (tertiary/aromatic N) is 2. The lowest BCUT2D eigenvalue weighted by Crippen LogP contribution is -1.91. The van der Waals surface area contributed by atoms with Gasteiger partial charge in [-0.1, -0.05) is 0 Å². The van der Waals surface area contributed by atoms with Crippen molar-refractivity contribution in [2.75, 3.05) is 5.73 Å². The zero-order valence-electron chi connectivity index (χ0n) is 6.13. The second kappa shape index (κ2) is 1.95. The molecule has 0 radical (unpaired) electrons. The largest absolute Gasteiger partial charge is 0.382 e. The Morgan fingerprint density at radius 2 is 2.27 bits per heavy atom. The van der Waals surface area contributed by atoms with Gasteiger partial charge < -0.3 is 10.7 Å². The van der Waals surface area contributed by atoms with Crippen molar-refractivity contribution in [3.8, 4) is 0 Å². The number of rotatable bonds is 0. The van der Waals surface area contributed by atoms with Gasteiger partial charge in [-0.05, 0) is 13.0 Å². The monoisotopic (exact) mass is 148 g/mol. The van der Waals surface area contributed by atoms with Gasteiger partial charge >= 0.3 is 0 Å². The van der Waals surface area contributed by atoms with Crippen LogP contribution in [0.1, 0.15) is 5.69 Å². The summed E-state index contributed by atoms with van der Waals surface area (Å²) < 4.78 is 0. The van der Waals surface area contributed by atoms with Crippen LogP contribution >= 0.6 is 0 Å². The van der Waals surface area contributed by atoms with Crippen LogP contribution in [-0.2, 0) is 0 Å². The van der Waals surface area contributed by atoms with Crippen molar-refractivity contribution in [1.82, 2.24) is 15.0 Å². The molecule has 0 bridgehead atoms. The van der Waals surface area contributed by atoms with E-state index in [9.17, 15) is 0 Å². The number of anilines is 1. The Balaban J connectivity index is 2.90. The zero-order valence-corrected chi connectivity index (χ0v) is 6.13. The molecule has 0 unspecified atom stereocenters. The topological polar surface area (TPSA) is 67.6 Å². The highest BCUT2D eigenvalue weighted by molar-refractivity contribution is 5.84. The summed E-state index contributed by atoms with van der Waals surface area (Å²) in [5.74, 6) is 0.503. The van der Waals surface area contributed by atoms with E-state index in [2.05, 4.69) is 15.0 Å². The van der Waals surface area contributed by atoms with Gasteiger partial charge in [0, 0.05) is 5.69 Å². The van der Waals surface area contributed by atoms with Crippen molar-refractivity contribution < 1.29 is 0 Å². The lowest BCUT2D eigenvalue weighted by molar-refractivity contribution is 1.22. The highest BCUT2D eigenvalue weighted by Crippen LogP contribution is 2.15. The van der Waals surface area contributed by atoms with Gasteiger partial charge in [-0.15, -0.1) is 0 Å². The highest BCUT2D eigenvalue weighted by atomic mass is 14.9. The van der Waals surface area contributed by atoms with Gasteiger partial charge in [-0.25, -0.2) is 9.97 Å². The number of aryl methyl sites for hydroxylation is 1. The number of hydrogen-bond donors (Lipinski definition) is 2. The van der Waals surface area contributed by atoms with Gasteiger partial charge in [-0.2, -0.15) is 0 Å². The number of fused-ring (bicyclic) bond motifs is 1. The molecular weight excluding hydrogens is 140 g/mol. The number of nitrogens with one attached hydrogen (secondary N) is 1. The highest BCUT2D eigenvalue weighted by Gasteiger charge is 2.01. The first-order valence-corrected chi connectivity index (χ1v) is 3.33. The molecule has 0 aliphatic carbocycles. The maximum Gasteiger partial charge on any atom is 0.151 e. The summed E-state index contributed by atoms with van der Waals surface area (Å²) >= 11 is 0. The molecule has 2 heterocycles. The van der Waals surface area contributed by atoms with Crippen LogP contribution in [0.4, 0.5) is 5.82 Å². The fourth-order valence-electron chi connectivity index (χ4n) is 1.09. The molecular formula is C7H8N4. The summed E-state index contributed by atoms with van der Waals surface area (Å²) in [5, 5.41) is 0. The van der Waals surface area contributed by atoms with E-state index in [1.165, 1.54) is 6.33 Å². The summed E-state index contributed by atoms with van der Waals surface area (Å²) in [6.45, 7) is 1.96. The maximum atomic E-state index is 5.59. The minimum Gasteiger partial charge on any atom is -0.382 e. The number of nitrogen functional groups attached to an aromatic ring is 1. The molecule has 4 heteroatoms. The SMILES string of the molecule is Cc1cc2ncnc(N)c2[nH]1. The van der Waals surface area contributed by atoms with Crippen molar-refractivity contribution in [3.05, 3.63) is 18.1 Å². The molecule has 0 fully saturated rings. The van der Waals surface area contributed by atoms with Crippen LogP contribution < -0.4 is 5.73 Å². The summed E-state index contributed by atoms with van der Waals surface area (Å²) in [5.41, 5.74) is 8.33. The van der Waals surface area contributed by atoms with Crippen LogP contribution in [0.3, 0.4) is 0 Å². The van der Waals surface area contributed by atoms with Gasteiger partial charge in [0.05, 0.1) is 5.52 Å². The Hall–Kier alpha value is -1.58. The Morgan fingerprint density at radius 3 is 3.00 bits per heavy atom. The van der Waals surface area contributed by atoms with Crippen LogP contribution in [0.5, 0.6) is 0 Å². The van der Waals surface area contributed by atoms with E-state index in [0.29, 0.717) is 5.82 Å². The average Bonchev–Trinajstić information content (AvgIpc) is 2.31. The van der Waals surface area contributed by atoms with Gasteiger partial charge in [0.15, 0.2) is 5.82 Å². The average molecular weight is 148 g/mol. The van der Waals surface area contributed by atoms with Crippen molar-refractivity contribution in [2.45, 2.75) is 6.92 Å². The second-order valence-electron chi connectivity index (χ2n) is 2.47. The Morgan fingerprint density at radius 1 is 1.45 bits per heavy atom. The third kappa shape index (κ3) is 0.832. The lowest BCUT2D eigenvalue weighted by atomic mass is 10.4. The maximum absolute atomic E-state index is 5.59. The van der Waals surface area contributed by atoms with Crippen LogP contribution in [0.2, 0.25) is 0 Å². The quantitative estimate of drug-likeness (QED) is 0.582. The van der Waals surface area contributed by atoms with Crippen LogP contribution in [0.15, 0.2) is 12.4 Å². The third-order valence-corrected chi connectivity index (χ3v) is 1.58. The van der Waals surface area contributed by atoms with Crippen molar-refractivity contribution in [3.63, 3.8) is 0 Å². The van der Waals surface area contributed by atoms with Crippen LogP contribution in [-0.4, -0.2) is 15.0 Å². The molecule has 3 N–H and O–H groups in total. The number of hydrogen-bond acceptors (Lipinski definition) is 3. The molecule has 0 saturated heterocycles. The molecule has 2 aromatic heterocycles. The summed E-state index contributed by atoms with van der Waals surface area (Å²) in [6.07, 6.45) is 1.46. The van der Waals surface area contributed by atoms with E-state index >= 15 is 0 Å². The second-order valence-corrected chi connectivity index (χ2v) is 2.47. The van der Waals surface area contributed by atoms with Gasteiger partial charge in [-0.3, -0.25) is 0 Å². The lowest BCUT2D eigenvalue weighted by Gasteiger charge is -1.91. The van der Waals surface area contributed by atoms with Crippen molar-refractivity contribution in [1.29, 1.82) is 0 Å². The molecule has 0 spiro atoms. The molecule has 0 atom stereocenters. The zero-order chi connectivity index (χ0) is 7.84. The predicted molar refractivity (Wildman–Crippen MR) is 43.0 cm³/mol. The molecule has 4 nitrogen and oxygen atoms in total. The van der Waals surface area contributed by atoms with E-state index in [4.69, 9.17) is 5.73 Å². The molecule has 11 heavy (non-hydrogen) atoms. The van der Waals surface area contributed by atoms with Gasteiger partial charge in [0.25, 0.3) is 0 Å². The van der Waals surface area contributed by atoms with E-state index in [0.717, 1.165) is 16.7 Å². The minimum absolute atomic E-state index is 0.503. The standard InChI is InChI=1S/C7H8N4/c1-4-2-5-6(11-4)7(8)10-3-9-5/h2-3,11H,1H3,(H2,8,9,10). The molecule has 2 aromatic rings. The predicted octanol–water partition coefficient (Wildman–Crippen LogP) is 0.849. The fraction of sp³-hybridized carbons (Fsp3) is 0.143. The Bertz CT molecular complexity index is 390. The summed E-state index contributed by atoms with van der Waals surface area (Å²) in [7, 11) is 0. The van der Waals surface area contributed by atoms with E-state index in [-0.39, 0.29) is 0 Å². The number of H-pyrrole nitrogens is 1. The summed E-state index contributed by atoms with van der Waals surface area (Å²) in [6, 6.07) is 1.94. The van der Waals surface area contributed by atoms with Crippen molar-refractivity contribution >= 4 is 16.9 Å².